The van der Waals surface area contributed by atoms with Crippen LogP contribution in [0.15, 0.2) is 24.4 Å². The SMILES string of the molecule is CC(C)C[C@@H](c1ccccn1)N1CCNCC1. The topological polar surface area (TPSA) is 28.2 Å². The van der Waals surface area contributed by atoms with E-state index >= 15 is 0 Å². The van der Waals surface area contributed by atoms with Gasteiger partial charge in [0, 0.05) is 32.4 Å². The minimum Gasteiger partial charge on any atom is -0.314 e. The second kappa shape index (κ2) is 6.12. The van der Waals surface area contributed by atoms with Crippen molar-refractivity contribution in [1.82, 2.24) is 15.2 Å². The molecule has 94 valence electrons. The third-order valence-corrected chi connectivity index (χ3v) is 3.32. The Morgan fingerprint density at radius 1 is 1.29 bits per heavy atom. The highest BCUT2D eigenvalue weighted by Gasteiger charge is 2.23. The smallest absolute Gasteiger partial charge is 0.0575 e. The van der Waals surface area contributed by atoms with Gasteiger partial charge in [-0.05, 0) is 24.5 Å². The van der Waals surface area contributed by atoms with E-state index in [0.29, 0.717) is 12.0 Å². The molecule has 0 aliphatic carbocycles. The molecule has 0 aromatic carbocycles. The Hall–Kier alpha value is -0.930. The van der Waals surface area contributed by atoms with Crippen molar-refractivity contribution in [2.45, 2.75) is 26.3 Å². The molecular formula is C14H23N3. The summed E-state index contributed by atoms with van der Waals surface area (Å²) in [6.45, 7) is 9.04. The fraction of sp³-hybridized carbons (Fsp3) is 0.643. The van der Waals surface area contributed by atoms with Gasteiger partial charge in [0.2, 0.25) is 0 Å². The van der Waals surface area contributed by atoms with Crippen LogP contribution < -0.4 is 5.32 Å². The monoisotopic (exact) mass is 233 g/mol. The third-order valence-electron chi connectivity index (χ3n) is 3.32. The fourth-order valence-electron chi connectivity index (χ4n) is 2.47. The van der Waals surface area contributed by atoms with Crippen LogP contribution in [-0.4, -0.2) is 36.1 Å². The van der Waals surface area contributed by atoms with E-state index in [1.165, 1.54) is 12.1 Å². The van der Waals surface area contributed by atoms with Crippen LogP contribution in [0.2, 0.25) is 0 Å². The van der Waals surface area contributed by atoms with Crippen molar-refractivity contribution in [3.05, 3.63) is 30.1 Å². The van der Waals surface area contributed by atoms with Gasteiger partial charge in [0.1, 0.15) is 0 Å². The number of hydrogen-bond acceptors (Lipinski definition) is 3. The standard InChI is InChI=1S/C14H23N3/c1-12(2)11-14(13-5-3-4-6-16-13)17-9-7-15-8-10-17/h3-6,12,14-15H,7-11H2,1-2H3/t14-/m0/s1. The molecular weight excluding hydrogens is 210 g/mol. The first-order valence-electron chi connectivity index (χ1n) is 6.63. The van der Waals surface area contributed by atoms with Gasteiger partial charge in [-0.2, -0.15) is 0 Å². The Bertz CT molecular complexity index is 317. The van der Waals surface area contributed by atoms with Crippen LogP contribution >= 0.6 is 0 Å². The lowest BCUT2D eigenvalue weighted by molar-refractivity contribution is 0.151. The zero-order valence-electron chi connectivity index (χ0n) is 10.9. The van der Waals surface area contributed by atoms with Gasteiger partial charge in [-0.3, -0.25) is 9.88 Å². The van der Waals surface area contributed by atoms with Gasteiger partial charge in [0.25, 0.3) is 0 Å². The van der Waals surface area contributed by atoms with Crippen LogP contribution in [-0.2, 0) is 0 Å². The molecule has 0 spiro atoms. The van der Waals surface area contributed by atoms with E-state index < -0.39 is 0 Å². The minimum atomic E-state index is 0.485. The van der Waals surface area contributed by atoms with Gasteiger partial charge in [-0.1, -0.05) is 19.9 Å². The summed E-state index contributed by atoms with van der Waals surface area (Å²) in [6, 6.07) is 6.74. The number of nitrogens with one attached hydrogen (secondary N) is 1. The normalized spacial score (nSPS) is 19.5. The predicted molar refractivity (Wildman–Crippen MR) is 70.9 cm³/mol. The summed E-state index contributed by atoms with van der Waals surface area (Å²) >= 11 is 0. The van der Waals surface area contributed by atoms with Crippen molar-refractivity contribution >= 4 is 0 Å². The first-order valence-corrected chi connectivity index (χ1v) is 6.63. The highest BCUT2D eigenvalue weighted by Crippen LogP contribution is 2.26. The Kier molecular flexibility index (Phi) is 4.51. The molecule has 1 aliphatic heterocycles. The lowest BCUT2D eigenvalue weighted by Gasteiger charge is -2.35. The number of hydrogen-bond donors (Lipinski definition) is 1. The first kappa shape index (κ1) is 12.5. The summed E-state index contributed by atoms with van der Waals surface area (Å²) in [6.07, 6.45) is 3.10. The molecule has 1 atom stereocenters. The van der Waals surface area contributed by atoms with Crippen LogP contribution in [0.5, 0.6) is 0 Å². The molecule has 1 fully saturated rings. The number of rotatable bonds is 4. The van der Waals surface area contributed by atoms with Crippen LogP contribution in [0, 0.1) is 5.92 Å². The van der Waals surface area contributed by atoms with Crippen molar-refractivity contribution in [2.24, 2.45) is 5.92 Å². The van der Waals surface area contributed by atoms with E-state index in [0.717, 1.165) is 26.2 Å². The maximum atomic E-state index is 4.55. The molecule has 0 amide bonds. The summed E-state index contributed by atoms with van der Waals surface area (Å²) in [4.78, 5) is 7.11. The Labute approximate surface area is 104 Å². The van der Waals surface area contributed by atoms with E-state index in [1.807, 2.05) is 12.3 Å². The lowest BCUT2D eigenvalue weighted by Crippen LogP contribution is -2.45. The molecule has 1 aromatic rings. The molecule has 3 heteroatoms. The first-order chi connectivity index (χ1) is 8.27. The second-order valence-corrected chi connectivity index (χ2v) is 5.19. The number of piperazine rings is 1. The average Bonchev–Trinajstić information content (AvgIpc) is 2.38. The molecule has 1 aliphatic rings. The summed E-state index contributed by atoms with van der Waals surface area (Å²) < 4.78 is 0. The maximum Gasteiger partial charge on any atom is 0.0575 e. The molecule has 2 rings (SSSR count). The zero-order chi connectivity index (χ0) is 12.1. The predicted octanol–water partition coefficient (Wildman–Crippen LogP) is 2.07. The molecule has 3 nitrogen and oxygen atoms in total. The largest absolute Gasteiger partial charge is 0.314 e. The van der Waals surface area contributed by atoms with Crippen LogP contribution in [0.25, 0.3) is 0 Å². The molecule has 0 saturated carbocycles. The third kappa shape index (κ3) is 3.51. The van der Waals surface area contributed by atoms with Crippen molar-refractivity contribution in [2.75, 3.05) is 26.2 Å². The van der Waals surface area contributed by atoms with Gasteiger partial charge in [0.05, 0.1) is 11.7 Å². The fourth-order valence-corrected chi connectivity index (χ4v) is 2.47. The van der Waals surface area contributed by atoms with Gasteiger partial charge >= 0.3 is 0 Å². The zero-order valence-corrected chi connectivity index (χ0v) is 10.9. The molecule has 1 aromatic heterocycles. The highest BCUT2D eigenvalue weighted by molar-refractivity contribution is 5.09. The van der Waals surface area contributed by atoms with Crippen molar-refractivity contribution in [1.29, 1.82) is 0 Å². The Morgan fingerprint density at radius 2 is 2.06 bits per heavy atom. The lowest BCUT2D eigenvalue weighted by atomic mass is 9.98. The summed E-state index contributed by atoms with van der Waals surface area (Å²) in [5, 5.41) is 3.41. The van der Waals surface area contributed by atoms with Crippen LogP contribution in [0.4, 0.5) is 0 Å². The van der Waals surface area contributed by atoms with Gasteiger partial charge < -0.3 is 5.32 Å². The maximum absolute atomic E-state index is 4.55. The molecule has 1 N–H and O–H groups in total. The second-order valence-electron chi connectivity index (χ2n) is 5.19. The number of pyridine rings is 1. The van der Waals surface area contributed by atoms with Crippen LogP contribution in [0.1, 0.15) is 32.0 Å². The van der Waals surface area contributed by atoms with Crippen LogP contribution in [0.3, 0.4) is 0 Å². The number of aromatic nitrogens is 1. The molecule has 0 radical (unpaired) electrons. The van der Waals surface area contributed by atoms with E-state index in [9.17, 15) is 0 Å². The van der Waals surface area contributed by atoms with Gasteiger partial charge in [-0.25, -0.2) is 0 Å². The highest BCUT2D eigenvalue weighted by atomic mass is 15.2. The Balaban J connectivity index is 2.12. The molecule has 1 saturated heterocycles. The van der Waals surface area contributed by atoms with E-state index in [1.54, 1.807) is 0 Å². The Morgan fingerprint density at radius 3 is 2.65 bits per heavy atom. The van der Waals surface area contributed by atoms with Crippen molar-refractivity contribution in [3.8, 4) is 0 Å². The van der Waals surface area contributed by atoms with Crippen molar-refractivity contribution < 1.29 is 0 Å². The van der Waals surface area contributed by atoms with Gasteiger partial charge in [-0.15, -0.1) is 0 Å². The molecule has 0 unspecified atom stereocenters. The summed E-state index contributed by atoms with van der Waals surface area (Å²) in [5.41, 5.74) is 1.23. The van der Waals surface area contributed by atoms with Gasteiger partial charge in [0.15, 0.2) is 0 Å². The summed E-state index contributed by atoms with van der Waals surface area (Å²) in [7, 11) is 0. The molecule has 0 bridgehead atoms. The van der Waals surface area contributed by atoms with E-state index in [-0.39, 0.29) is 0 Å². The molecule has 17 heavy (non-hydrogen) atoms. The average molecular weight is 233 g/mol. The van der Waals surface area contributed by atoms with E-state index in [4.69, 9.17) is 0 Å². The molecule has 2 heterocycles. The van der Waals surface area contributed by atoms with Crippen molar-refractivity contribution in [3.63, 3.8) is 0 Å². The minimum absolute atomic E-state index is 0.485. The quantitative estimate of drug-likeness (QED) is 0.863. The number of nitrogens with zero attached hydrogens (tertiary/aromatic N) is 2. The summed E-state index contributed by atoms with van der Waals surface area (Å²) in [5.74, 6) is 0.705. The van der Waals surface area contributed by atoms with E-state index in [2.05, 4.69) is 41.2 Å².